The quantitative estimate of drug-likeness (QED) is 0.785. The molecule has 6 heteroatoms. The van der Waals surface area contributed by atoms with Crippen molar-refractivity contribution in [2.24, 2.45) is 5.73 Å². The number of thioether (sulfide) groups is 1. The summed E-state index contributed by atoms with van der Waals surface area (Å²) < 4.78 is 5.43. The predicted molar refractivity (Wildman–Crippen MR) is 99.7 cm³/mol. The molecule has 3 rings (SSSR count). The summed E-state index contributed by atoms with van der Waals surface area (Å²) in [4.78, 5) is 13.6. The Balaban J connectivity index is 0.00000208. The first-order chi connectivity index (χ1) is 11.2. The fourth-order valence-corrected chi connectivity index (χ4v) is 3.74. The fourth-order valence-electron chi connectivity index (χ4n) is 2.84. The van der Waals surface area contributed by atoms with Crippen molar-refractivity contribution in [3.8, 4) is 0 Å². The molecular weight excluding hydrogens is 344 g/mol. The number of hydrogen-bond acceptors (Lipinski definition) is 4. The lowest BCUT2D eigenvalue weighted by atomic mass is 9.92. The molecule has 1 fully saturated rings. The largest absolute Gasteiger partial charge is 0.459 e. The van der Waals surface area contributed by atoms with E-state index in [1.165, 1.54) is 4.90 Å². The number of carbonyl (C=O) groups is 1. The maximum atomic E-state index is 12.4. The first-order valence-corrected chi connectivity index (χ1v) is 9.01. The number of carbonyl (C=O) groups excluding carboxylic acids is 1. The predicted octanol–water partition coefficient (Wildman–Crippen LogP) is 3.99. The molecule has 0 spiro atoms. The number of nitrogens with one attached hydrogen (secondary N) is 1. The van der Waals surface area contributed by atoms with Gasteiger partial charge in [0.25, 0.3) is 5.91 Å². The molecule has 24 heavy (non-hydrogen) atoms. The summed E-state index contributed by atoms with van der Waals surface area (Å²) in [6.07, 6.45) is 5.43. The van der Waals surface area contributed by atoms with Gasteiger partial charge in [-0.25, -0.2) is 0 Å². The first-order valence-electron chi connectivity index (χ1n) is 8.03. The molecule has 3 N–H and O–H groups in total. The zero-order valence-corrected chi connectivity index (χ0v) is 15.1. The molecule has 1 heterocycles. The Morgan fingerprint density at radius 1 is 1.17 bits per heavy atom. The van der Waals surface area contributed by atoms with Crippen LogP contribution in [-0.4, -0.2) is 18.0 Å². The summed E-state index contributed by atoms with van der Waals surface area (Å²) in [5, 5.41) is 3.08. The van der Waals surface area contributed by atoms with E-state index in [1.54, 1.807) is 18.0 Å². The minimum absolute atomic E-state index is 0. The lowest BCUT2D eigenvalue weighted by Crippen LogP contribution is -2.40. The smallest absolute Gasteiger partial charge is 0.287 e. The van der Waals surface area contributed by atoms with Crippen LogP contribution in [0.3, 0.4) is 0 Å². The van der Waals surface area contributed by atoms with E-state index in [9.17, 15) is 4.79 Å². The molecule has 0 saturated heterocycles. The van der Waals surface area contributed by atoms with Crippen LogP contribution in [-0.2, 0) is 5.75 Å². The molecule has 0 unspecified atom stereocenters. The van der Waals surface area contributed by atoms with Crippen LogP contribution in [0.5, 0.6) is 0 Å². The van der Waals surface area contributed by atoms with Crippen molar-refractivity contribution in [1.82, 2.24) is 5.32 Å². The minimum Gasteiger partial charge on any atom is -0.459 e. The Bertz CT molecular complexity index is 639. The highest BCUT2D eigenvalue weighted by Gasteiger charge is 2.23. The van der Waals surface area contributed by atoms with Crippen molar-refractivity contribution in [3.63, 3.8) is 0 Å². The summed E-state index contributed by atoms with van der Waals surface area (Å²) in [6, 6.07) is 12.5. The van der Waals surface area contributed by atoms with Crippen molar-refractivity contribution in [1.29, 1.82) is 0 Å². The number of benzene rings is 1. The van der Waals surface area contributed by atoms with Gasteiger partial charge in [-0.3, -0.25) is 4.79 Å². The topological polar surface area (TPSA) is 68.3 Å². The summed E-state index contributed by atoms with van der Waals surface area (Å²) in [5.74, 6) is 1.04. The molecule has 1 aromatic carbocycles. The van der Waals surface area contributed by atoms with E-state index in [-0.39, 0.29) is 30.4 Å². The van der Waals surface area contributed by atoms with Crippen LogP contribution in [0.15, 0.2) is 52.0 Å². The Labute approximate surface area is 153 Å². The summed E-state index contributed by atoms with van der Waals surface area (Å²) in [7, 11) is 0. The van der Waals surface area contributed by atoms with Crippen molar-refractivity contribution < 1.29 is 9.21 Å². The zero-order valence-electron chi connectivity index (χ0n) is 13.4. The molecule has 1 saturated carbocycles. The van der Waals surface area contributed by atoms with Crippen molar-refractivity contribution in [3.05, 3.63) is 54.0 Å². The van der Waals surface area contributed by atoms with Crippen LogP contribution in [0.2, 0.25) is 0 Å². The van der Waals surface area contributed by atoms with E-state index >= 15 is 0 Å². The zero-order chi connectivity index (χ0) is 16.1. The van der Waals surface area contributed by atoms with Crippen LogP contribution in [0.4, 0.5) is 0 Å². The molecule has 130 valence electrons. The number of rotatable bonds is 5. The van der Waals surface area contributed by atoms with Crippen LogP contribution in [0.25, 0.3) is 0 Å². The van der Waals surface area contributed by atoms with Crippen molar-refractivity contribution >= 4 is 30.1 Å². The van der Waals surface area contributed by atoms with Gasteiger partial charge in [0.15, 0.2) is 5.76 Å². The Hall–Kier alpha value is -1.43. The third kappa shape index (κ3) is 5.03. The van der Waals surface area contributed by atoms with Gasteiger partial charge in [0.05, 0.1) is 6.26 Å². The van der Waals surface area contributed by atoms with Crippen molar-refractivity contribution in [2.75, 3.05) is 0 Å². The number of hydrogen-bond donors (Lipinski definition) is 2. The van der Waals surface area contributed by atoms with Crippen LogP contribution in [0, 0.1) is 0 Å². The Kier molecular flexibility index (Phi) is 7.21. The molecule has 0 radical (unpaired) electrons. The van der Waals surface area contributed by atoms with Crippen LogP contribution < -0.4 is 11.1 Å². The molecule has 4 nitrogen and oxygen atoms in total. The van der Waals surface area contributed by atoms with Gasteiger partial charge in [-0.15, -0.1) is 24.2 Å². The number of halogens is 1. The third-order valence-electron chi connectivity index (χ3n) is 4.20. The number of furan rings is 1. The lowest BCUT2D eigenvalue weighted by molar-refractivity contribution is 0.0896. The second kappa shape index (κ2) is 9.16. The Morgan fingerprint density at radius 2 is 1.88 bits per heavy atom. The standard InChI is InChI=1S/C18H22N2O2S.ClH/c19-14-6-8-15(9-7-14)20-18(21)17-13(10-11-22-17)12-23-16-4-2-1-3-5-16;/h1-5,10-11,14-15H,6-9,12,19H2,(H,20,21);1H. The van der Waals surface area contributed by atoms with Gasteiger partial charge in [0.1, 0.15) is 0 Å². The van der Waals surface area contributed by atoms with Crippen LogP contribution >= 0.6 is 24.2 Å². The summed E-state index contributed by atoms with van der Waals surface area (Å²) in [5.41, 5.74) is 6.84. The monoisotopic (exact) mass is 366 g/mol. The maximum Gasteiger partial charge on any atom is 0.287 e. The van der Waals surface area contributed by atoms with E-state index < -0.39 is 0 Å². The van der Waals surface area contributed by atoms with E-state index in [0.29, 0.717) is 5.76 Å². The lowest BCUT2D eigenvalue weighted by Gasteiger charge is -2.26. The first kappa shape index (κ1) is 18.9. The molecular formula is C18H23ClN2O2S. The average molecular weight is 367 g/mol. The van der Waals surface area contributed by atoms with Gasteiger partial charge >= 0.3 is 0 Å². The van der Waals surface area contributed by atoms with Gasteiger partial charge in [0.2, 0.25) is 0 Å². The molecule has 2 aromatic rings. The molecule has 1 aliphatic carbocycles. The second-order valence-electron chi connectivity index (χ2n) is 5.96. The molecule has 1 aromatic heterocycles. The van der Waals surface area contributed by atoms with E-state index in [0.717, 1.165) is 37.0 Å². The Morgan fingerprint density at radius 3 is 2.58 bits per heavy atom. The number of amides is 1. The highest BCUT2D eigenvalue weighted by molar-refractivity contribution is 7.98. The highest BCUT2D eigenvalue weighted by atomic mass is 35.5. The van der Waals surface area contributed by atoms with Gasteiger partial charge in [-0.05, 0) is 43.9 Å². The molecule has 0 aliphatic heterocycles. The number of nitrogens with two attached hydrogens (primary N) is 1. The summed E-state index contributed by atoms with van der Waals surface area (Å²) in [6.45, 7) is 0. The van der Waals surface area contributed by atoms with Crippen molar-refractivity contribution in [2.45, 2.75) is 48.4 Å². The molecule has 0 atom stereocenters. The molecule has 0 bridgehead atoms. The molecule has 1 amide bonds. The summed E-state index contributed by atoms with van der Waals surface area (Å²) >= 11 is 1.70. The van der Waals surface area contributed by atoms with Gasteiger partial charge in [-0.2, -0.15) is 0 Å². The fraction of sp³-hybridized carbons (Fsp3) is 0.389. The maximum absolute atomic E-state index is 12.4. The van der Waals surface area contributed by atoms with E-state index in [4.69, 9.17) is 10.2 Å². The van der Waals surface area contributed by atoms with Gasteiger partial charge < -0.3 is 15.5 Å². The van der Waals surface area contributed by atoms with Gasteiger partial charge in [-0.1, -0.05) is 18.2 Å². The SMILES string of the molecule is Cl.NC1CCC(NC(=O)c2occc2CSc2ccccc2)CC1. The van der Waals surface area contributed by atoms with Gasteiger partial charge in [0, 0.05) is 28.3 Å². The van der Waals surface area contributed by atoms with E-state index in [1.807, 2.05) is 24.3 Å². The third-order valence-corrected chi connectivity index (χ3v) is 5.26. The highest BCUT2D eigenvalue weighted by Crippen LogP contribution is 2.25. The normalized spacial score (nSPS) is 20.2. The molecule has 1 aliphatic rings. The van der Waals surface area contributed by atoms with Crippen LogP contribution in [0.1, 0.15) is 41.8 Å². The average Bonchev–Trinajstić information content (AvgIpc) is 3.05. The van der Waals surface area contributed by atoms with E-state index in [2.05, 4.69) is 17.4 Å². The second-order valence-corrected chi connectivity index (χ2v) is 7.01. The minimum atomic E-state index is -0.112.